The fourth-order valence-corrected chi connectivity index (χ4v) is 3.74. The van der Waals surface area contributed by atoms with E-state index in [0.29, 0.717) is 18.4 Å². The smallest absolute Gasteiger partial charge is 0.222 e. The molecule has 5 heteroatoms. The molecule has 0 N–H and O–H groups in total. The molecule has 2 heterocycles. The third-order valence-corrected chi connectivity index (χ3v) is 5.31. The SMILES string of the molecule is CCOCCN1CCCN(C(=O)CCC2CCCCN2C)CC1. The molecule has 134 valence electrons. The maximum atomic E-state index is 12.5. The fraction of sp³-hybridized carbons (Fsp3) is 0.944. The van der Waals surface area contributed by atoms with Crippen molar-refractivity contribution in [2.75, 3.05) is 59.5 Å². The molecule has 0 aromatic rings. The van der Waals surface area contributed by atoms with E-state index >= 15 is 0 Å². The molecule has 0 aliphatic carbocycles. The van der Waals surface area contributed by atoms with Crippen LogP contribution in [0.2, 0.25) is 0 Å². The zero-order valence-electron chi connectivity index (χ0n) is 15.1. The van der Waals surface area contributed by atoms with E-state index < -0.39 is 0 Å². The Morgan fingerprint density at radius 1 is 1.09 bits per heavy atom. The first-order chi connectivity index (χ1) is 11.2. The van der Waals surface area contributed by atoms with Crippen LogP contribution in [0.15, 0.2) is 0 Å². The first-order valence-corrected chi connectivity index (χ1v) is 9.49. The lowest BCUT2D eigenvalue weighted by molar-refractivity contribution is -0.131. The van der Waals surface area contributed by atoms with Gasteiger partial charge in [-0.3, -0.25) is 9.69 Å². The van der Waals surface area contributed by atoms with Gasteiger partial charge in [0.2, 0.25) is 5.91 Å². The summed E-state index contributed by atoms with van der Waals surface area (Å²) in [5, 5.41) is 0. The third kappa shape index (κ3) is 6.40. The molecular formula is C18H35N3O2. The van der Waals surface area contributed by atoms with Gasteiger partial charge < -0.3 is 14.5 Å². The average Bonchev–Trinajstić information content (AvgIpc) is 2.80. The summed E-state index contributed by atoms with van der Waals surface area (Å²) in [5.74, 6) is 0.357. The van der Waals surface area contributed by atoms with Gasteiger partial charge in [-0.15, -0.1) is 0 Å². The number of nitrogens with zero attached hydrogens (tertiary/aromatic N) is 3. The molecule has 0 radical (unpaired) electrons. The molecule has 2 saturated heterocycles. The number of hydrogen-bond acceptors (Lipinski definition) is 4. The van der Waals surface area contributed by atoms with E-state index in [4.69, 9.17) is 4.74 Å². The number of hydrogen-bond donors (Lipinski definition) is 0. The van der Waals surface area contributed by atoms with Crippen molar-refractivity contribution in [2.45, 2.75) is 51.5 Å². The predicted molar refractivity (Wildman–Crippen MR) is 93.6 cm³/mol. The van der Waals surface area contributed by atoms with Crippen molar-refractivity contribution in [3.63, 3.8) is 0 Å². The number of ether oxygens (including phenoxy) is 1. The van der Waals surface area contributed by atoms with E-state index in [9.17, 15) is 4.79 Å². The minimum atomic E-state index is 0.357. The topological polar surface area (TPSA) is 36.0 Å². The molecule has 2 aliphatic heterocycles. The van der Waals surface area contributed by atoms with Crippen molar-refractivity contribution in [3.05, 3.63) is 0 Å². The lowest BCUT2D eigenvalue weighted by Gasteiger charge is -2.32. The normalized spacial score (nSPS) is 24.6. The molecule has 2 aliphatic rings. The number of likely N-dealkylation sites (tertiary alicyclic amines) is 1. The highest BCUT2D eigenvalue weighted by molar-refractivity contribution is 5.76. The van der Waals surface area contributed by atoms with E-state index in [1.165, 1.54) is 25.8 Å². The van der Waals surface area contributed by atoms with Crippen LogP contribution >= 0.6 is 0 Å². The Kier molecular flexibility index (Phi) is 8.34. The number of amides is 1. The summed E-state index contributed by atoms with van der Waals surface area (Å²) in [7, 11) is 2.20. The number of piperidine rings is 1. The highest BCUT2D eigenvalue weighted by Crippen LogP contribution is 2.19. The third-order valence-electron chi connectivity index (χ3n) is 5.31. The van der Waals surface area contributed by atoms with Crippen LogP contribution in [0.5, 0.6) is 0 Å². The maximum Gasteiger partial charge on any atom is 0.222 e. The highest BCUT2D eigenvalue weighted by atomic mass is 16.5. The van der Waals surface area contributed by atoms with Crippen molar-refractivity contribution >= 4 is 5.91 Å². The monoisotopic (exact) mass is 325 g/mol. The fourth-order valence-electron chi connectivity index (χ4n) is 3.74. The summed E-state index contributed by atoms with van der Waals surface area (Å²) >= 11 is 0. The quantitative estimate of drug-likeness (QED) is 0.669. The molecule has 1 amide bonds. The molecule has 23 heavy (non-hydrogen) atoms. The second-order valence-electron chi connectivity index (χ2n) is 6.94. The Morgan fingerprint density at radius 3 is 2.74 bits per heavy atom. The minimum absolute atomic E-state index is 0.357. The summed E-state index contributed by atoms with van der Waals surface area (Å²) in [6, 6.07) is 0.613. The molecule has 0 aromatic carbocycles. The molecule has 5 nitrogen and oxygen atoms in total. The molecule has 2 fully saturated rings. The number of carbonyl (C=O) groups excluding carboxylic acids is 1. The van der Waals surface area contributed by atoms with E-state index in [2.05, 4.69) is 21.7 Å². The van der Waals surface area contributed by atoms with Crippen molar-refractivity contribution < 1.29 is 9.53 Å². The second-order valence-corrected chi connectivity index (χ2v) is 6.94. The molecule has 0 aromatic heterocycles. The summed E-state index contributed by atoms with van der Waals surface area (Å²) in [4.78, 5) is 19.5. The van der Waals surface area contributed by atoms with Gasteiger partial charge in [0.05, 0.1) is 6.61 Å². The molecule has 0 spiro atoms. The Balaban J connectivity index is 1.68. The van der Waals surface area contributed by atoms with Crippen LogP contribution in [0.25, 0.3) is 0 Å². The van der Waals surface area contributed by atoms with Crippen molar-refractivity contribution in [3.8, 4) is 0 Å². The minimum Gasteiger partial charge on any atom is -0.380 e. The molecule has 0 saturated carbocycles. The number of rotatable bonds is 7. The molecule has 0 bridgehead atoms. The van der Waals surface area contributed by atoms with Crippen molar-refractivity contribution in [1.29, 1.82) is 0 Å². The van der Waals surface area contributed by atoms with Crippen LogP contribution in [0, 0.1) is 0 Å². The van der Waals surface area contributed by atoms with Gasteiger partial charge in [0.15, 0.2) is 0 Å². The summed E-state index contributed by atoms with van der Waals surface area (Å²) in [6.07, 6.45) is 6.72. The van der Waals surface area contributed by atoms with Gasteiger partial charge in [0.25, 0.3) is 0 Å². The van der Waals surface area contributed by atoms with Gasteiger partial charge in [0.1, 0.15) is 0 Å². The zero-order valence-corrected chi connectivity index (χ0v) is 15.1. The van der Waals surface area contributed by atoms with E-state index in [-0.39, 0.29) is 0 Å². The Labute approximate surface area is 141 Å². The van der Waals surface area contributed by atoms with Gasteiger partial charge >= 0.3 is 0 Å². The lowest BCUT2D eigenvalue weighted by atomic mass is 9.98. The summed E-state index contributed by atoms with van der Waals surface area (Å²) in [6.45, 7) is 9.68. The number of carbonyl (C=O) groups is 1. The van der Waals surface area contributed by atoms with Gasteiger partial charge in [0, 0.05) is 45.2 Å². The zero-order chi connectivity index (χ0) is 16.5. The largest absolute Gasteiger partial charge is 0.380 e. The van der Waals surface area contributed by atoms with Gasteiger partial charge in [-0.25, -0.2) is 0 Å². The van der Waals surface area contributed by atoms with Crippen molar-refractivity contribution in [2.24, 2.45) is 0 Å². The van der Waals surface area contributed by atoms with Crippen molar-refractivity contribution in [1.82, 2.24) is 14.7 Å². The Morgan fingerprint density at radius 2 is 1.96 bits per heavy atom. The van der Waals surface area contributed by atoms with E-state index in [1.807, 2.05) is 6.92 Å². The predicted octanol–water partition coefficient (Wildman–Crippen LogP) is 1.82. The Bertz CT molecular complexity index is 351. The first-order valence-electron chi connectivity index (χ1n) is 9.49. The molecular weight excluding hydrogens is 290 g/mol. The summed E-state index contributed by atoms with van der Waals surface area (Å²) < 4.78 is 5.44. The van der Waals surface area contributed by atoms with Crippen LogP contribution < -0.4 is 0 Å². The molecule has 1 unspecified atom stereocenters. The van der Waals surface area contributed by atoms with Gasteiger partial charge in [-0.05, 0) is 52.7 Å². The van der Waals surface area contributed by atoms with Gasteiger partial charge in [-0.2, -0.15) is 0 Å². The van der Waals surface area contributed by atoms with E-state index in [0.717, 1.165) is 58.8 Å². The van der Waals surface area contributed by atoms with Crippen LogP contribution in [-0.4, -0.2) is 86.2 Å². The standard InChI is InChI=1S/C18H35N3O2/c1-3-23-16-15-20-11-6-12-21(14-13-20)18(22)9-8-17-7-4-5-10-19(17)2/h17H,3-16H2,1-2H3. The van der Waals surface area contributed by atoms with Gasteiger partial charge in [-0.1, -0.05) is 6.42 Å². The second kappa shape index (κ2) is 10.3. The lowest BCUT2D eigenvalue weighted by Crippen LogP contribution is -2.39. The summed E-state index contributed by atoms with van der Waals surface area (Å²) in [5.41, 5.74) is 0. The highest BCUT2D eigenvalue weighted by Gasteiger charge is 2.23. The molecule has 1 atom stereocenters. The Hall–Kier alpha value is -0.650. The molecule has 2 rings (SSSR count). The van der Waals surface area contributed by atoms with Crippen LogP contribution in [-0.2, 0) is 9.53 Å². The first kappa shape index (κ1) is 18.7. The van der Waals surface area contributed by atoms with Crippen LogP contribution in [0.4, 0.5) is 0 Å². The van der Waals surface area contributed by atoms with Crippen LogP contribution in [0.1, 0.15) is 45.4 Å². The van der Waals surface area contributed by atoms with E-state index in [1.54, 1.807) is 0 Å². The average molecular weight is 325 g/mol. The maximum absolute atomic E-state index is 12.5. The van der Waals surface area contributed by atoms with Crippen LogP contribution in [0.3, 0.4) is 0 Å².